The second-order valence-corrected chi connectivity index (χ2v) is 7.66. The van der Waals surface area contributed by atoms with E-state index in [1.807, 2.05) is 0 Å². The molecule has 130 valence electrons. The lowest BCUT2D eigenvalue weighted by Crippen LogP contribution is -2.37. The molecule has 1 aromatic carbocycles. The highest BCUT2D eigenvalue weighted by molar-refractivity contribution is 5.45. The van der Waals surface area contributed by atoms with Crippen molar-refractivity contribution in [2.24, 2.45) is 0 Å². The Morgan fingerprint density at radius 3 is 2.60 bits per heavy atom. The van der Waals surface area contributed by atoms with Crippen LogP contribution in [-0.2, 0) is 24.5 Å². The Hall–Kier alpha value is -2.13. The summed E-state index contributed by atoms with van der Waals surface area (Å²) in [5.74, 6) is 2.30. The van der Waals surface area contributed by atoms with Crippen molar-refractivity contribution < 1.29 is 9.30 Å². The molecule has 1 aliphatic rings. The first-order valence-corrected chi connectivity index (χ1v) is 9.23. The van der Waals surface area contributed by atoms with Crippen molar-refractivity contribution in [3.05, 3.63) is 70.8 Å². The van der Waals surface area contributed by atoms with Gasteiger partial charge in [-0.3, -0.25) is 0 Å². The van der Waals surface area contributed by atoms with Crippen molar-refractivity contribution in [1.82, 2.24) is 4.40 Å². The molecule has 0 saturated carbocycles. The van der Waals surface area contributed by atoms with E-state index in [9.17, 15) is 0 Å². The molecule has 1 aliphatic heterocycles. The minimum atomic E-state index is 0.469. The summed E-state index contributed by atoms with van der Waals surface area (Å²) in [6.07, 6.45) is 4.55. The molecule has 1 atom stereocenters. The highest BCUT2D eigenvalue weighted by Gasteiger charge is 2.19. The minimum absolute atomic E-state index is 0.469. The van der Waals surface area contributed by atoms with Crippen molar-refractivity contribution in [3.63, 3.8) is 0 Å². The maximum Gasteiger partial charge on any atom is 0.258 e. The monoisotopic (exact) mass is 335 g/mol. The average Bonchev–Trinajstić information content (AvgIpc) is 3.19. The number of fused-ring (bicyclic) bond motifs is 2. The molecular formula is C22H27N2O+. The van der Waals surface area contributed by atoms with Crippen LogP contribution in [0.25, 0.3) is 5.52 Å². The standard InChI is InChI=1S/C22H27N2O/c1-15(2)19-7-8-22-12-23(17(4)24(22)11-19)10-16(3)18-5-6-20-13-25-14-21(20)9-18/h5-9,11-12,15-16H,10,13-14H2,1-4H3/q+1. The molecule has 0 N–H and O–H groups in total. The van der Waals surface area contributed by atoms with Gasteiger partial charge >= 0.3 is 0 Å². The number of aromatic nitrogens is 2. The molecule has 2 aromatic heterocycles. The summed E-state index contributed by atoms with van der Waals surface area (Å²) < 4.78 is 10.2. The van der Waals surface area contributed by atoms with E-state index in [1.54, 1.807) is 0 Å². The maximum atomic E-state index is 5.55. The second-order valence-electron chi connectivity index (χ2n) is 7.66. The van der Waals surface area contributed by atoms with Crippen LogP contribution in [0.3, 0.4) is 0 Å². The maximum absolute atomic E-state index is 5.55. The van der Waals surface area contributed by atoms with Gasteiger partial charge in [0.1, 0.15) is 6.20 Å². The van der Waals surface area contributed by atoms with Gasteiger partial charge in [-0.15, -0.1) is 0 Å². The summed E-state index contributed by atoms with van der Waals surface area (Å²) in [7, 11) is 0. The molecule has 0 saturated heterocycles. The van der Waals surface area contributed by atoms with E-state index < -0.39 is 0 Å². The van der Waals surface area contributed by atoms with Crippen molar-refractivity contribution in [2.75, 3.05) is 0 Å². The SMILES string of the molecule is Cc1n2cc(C(C)C)ccc2c[n+]1CC(C)c1ccc2c(c1)COC2. The Bertz CT molecular complexity index is 923. The summed E-state index contributed by atoms with van der Waals surface area (Å²) >= 11 is 0. The summed E-state index contributed by atoms with van der Waals surface area (Å²) in [5.41, 5.74) is 6.74. The molecule has 0 amide bonds. The lowest BCUT2D eigenvalue weighted by molar-refractivity contribution is -0.703. The van der Waals surface area contributed by atoms with Gasteiger partial charge in [0.25, 0.3) is 5.82 Å². The number of hydrogen-bond acceptors (Lipinski definition) is 1. The van der Waals surface area contributed by atoms with E-state index in [0.717, 1.165) is 19.8 Å². The largest absolute Gasteiger partial charge is 0.372 e. The van der Waals surface area contributed by atoms with Crippen LogP contribution in [0, 0.1) is 6.92 Å². The van der Waals surface area contributed by atoms with Crippen molar-refractivity contribution in [1.29, 1.82) is 0 Å². The molecule has 1 unspecified atom stereocenters. The fourth-order valence-corrected chi connectivity index (χ4v) is 3.73. The predicted molar refractivity (Wildman–Crippen MR) is 99.8 cm³/mol. The third-order valence-corrected chi connectivity index (χ3v) is 5.51. The zero-order chi connectivity index (χ0) is 17.6. The van der Waals surface area contributed by atoms with Gasteiger partial charge in [0.05, 0.1) is 26.0 Å². The Morgan fingerprint density at radius 2 is 1.80 bits per heavy atom. The van der Waals surface area contributed by atoms with E-state index in [2.05, 4.69) is 79.4 Å². The molecule has 0 aliphatic carbocycles. The Morgan fingerprint density at radius 1 is 1.04 bits per heavy atom. The summed E-state index contributed by atoms with van der Waals surface area (Å²) in [6.45, 7) is 11.5. The molecule has 3 nitrogen and oxygen atoms in total. The van der Waals surface area contributed by atoms with Gasteiger partial charge < -0.3 is 4.74 Å². The average molecular weight is 335 g/mol. The highest BCUT2D eigenvalue weighted by Crippen LogP contribution is 2.25. The fraction of sp³-hybridized carbons (Fsp3) is 0.409. The van der Waals surface area contributed by atoms with Gasteiger partial charge in [-0.2, -0.15) is 4.40 Å². The van der Waals surface area contributed by atoms with Crippen LogP contribution in [-0.4, -0.2) is 4.40 Å². The molecular weight excluding hydrogens is 308 g/mol. The van der Waals surface area contributed by atoms with Gasteiger partial charge in [-0.1, -0.05) is 45.0 Å². The molecule has 0 radical (unpaired) electrons. The quantitative estimate of drug-likeness (QED) is 0.642. The number of aryl methyl sites for hydroxylation is 1. The second kappa shape index (κ2) is 6.30. The lowest BCUT2D eigenvalue weighted by Gasteiger charge is -2.11. The van der Waals surface area contributed by atoms with Gasteiger partial charge in [-0.05, 0) is 34.2 Å². The van der Waals surface area contributed by atoms with Crippen molar-refractivity contribution in [2.45, 2.75) is 59.3 Å². The van der Waals surface area contributed by atoms with E-state index in [0.29, 0.717) is 11.8 Å². The van der Waals surface area contributed by atoms with E-state index in [-0.39, 0.29) is 0 Å². The zero-order valence-electron chi connectivity index (χ0n) is 15.6. The molecule has 25 heavy (non-hydrogen) atoms. The topological polar surface area (TPSA) is 17.5 Å². The van der Waals surface area contributed by atoms with Gasteiger partial charge in [0.2, 0.25) is 0 Å². The number of ether oxygens (including phenoxy) is 1. The van der Waals surface area contributed by atoms with E-state index in [4.69, 9.17) is 4.74 Å². The predicted octanol–water partition coefficient (Wildman–Crippen LogP) is 4.49. The number of imidazole rings is 1. The van der Waals surface area contributed by atoms with Crippen LogP contribution in [0.1, 0.15) is 60.7 Å². The first kappa shape index (κ1) is 16.3. The summed E-state index contributed by atoms with van der Waals surface area (Å²) in [5, 5.41) is 0. The van der Waals surface area contributed by atoms with Gasteiger partial charge in [0, 0.05) is 12.8 Å². The molecule has 3 heterocycles. The number of rotatable bonds is 4. The van der Waals surface area contributed by atoms with Crippen LogP contribution in [0.5, 0.6) is 0 Å². The number of hydrogen-bond donors (Lipinski definition) is 0. The van der Waals surface area contributed by atoms with Crippen LogP contribution in [0.4, 0.5) is 0 Å². The van der Waals surface area contributed by atoms with Gasteiger partial charge in [-0.25, -0.2) is 4.57 Å². The molecule has 4 rings (SSSR count). The Balaban J connectivity index is 1.62. The van der Waals surface area contributed by atoms with E-state index >= 15 is 0 Å². The van der Waals surface area contributed by atoms with Crippen LogP contribution in [0.2, 0.25) is 0 Å². The summed E-state index contributed by atoms with van der Waals surface area (Å²) in [4.78, 5) is 0. The van der Waals surface area contributed by atoms with Crippen molar-refractivity contribution >= 4 is 5.52 Å². The molecule has 3 heteroatoms. The van der Waals surface area contributed by atoms with Crippen LogP contribution in [0.15, 0.2) is 42.7 Å². The molecule has 0 spiro atoms. The molecule has 3 aromatic rings. The summed E-state index contributed by atoms with van der Waals surface area (Å²) in [6, 6.07) is 11.3. The number of benzene rings is 1. The minimum Gasteiger partial charge on any atom is -0.372 e. The first-order valence-electron chi connectivity index (χ1n) is 9.23. The molecule has 0 bridgehead atoms. The lowest BCUT2D eigenvalue weighted by atomic mass is 9.97. The van der Waals surface area contributed by atoms with Gasteiger partial charge in [0.15, 0.2) is 5.52 Å². The third-order valence-electron chi connectivity index (χ3n) is 5.51. The smallest absolute Gasteiger partial charge is 0.258 e. The normalized spacial score (nSPS) is 15.1. The third kappa shape index (κ3) is 2.98. The van der Waals surface area contributed by atoms with E-state index in [1.165, 1.54) is 33.6 Å². The Kier molecular flexibility index (Phi) is 4.12. The highest BCUT2D eigenvalue weighted by atomic mass is 16.5. The van der Waals surface area contributed by atoms with Crippen molar-refractivity contribution in [3.8, 4) is 0 Å². The number of nitrogens with zero attached hydrogens (tertiary/aromatic N) is 2. The first-order chi connectivity index (χ1) is 12.0. The number of pyridine rings is 1. The Labute approximate surface area is 149 Å². The van der Waals surface area contributed by atoms with Crippen LogP contribution < -0.4 is 4.57 Å². The fourth-order valence-electron chi connectivity index (χ4n) is 3.73. The zero-order valence-corrected chi connectivity index (χ0v) is 15.6. The van der Waals surface area contributed by atoms with Crippen LogP contribution >= 0.6 is 0 Å². The molecule has 0 fully saturated rings.